The van der Waals surface area contributed by atoms with Crippen LogP contribution in [-0.2, 0) is 0 Å². The van der Waals surface area contributed by atoms with Crippen molar-refractivity contribution in [3.05, 3.63) is 18.2 Å². The summed E-state index contributed by atoms with van der Waals surface area (Å²) in [5, 5.41) is 0. The molecule has 0 atom stereocenters. The average Bonchev–Trinajstić information content (AvgIpc) is 3.08. The summed E-state index contributed by atoms with van der Waals surface area (Å²) < 4.78 is 11.1. The lowest BCUT2D eigenvalue weighted by Crippen LogP contribution is -2.03. The molecule has 0 saturated heterocycles. The molecule has 1 fully saturated rings. The monoisotopic (exact) mass is 221 g/mol. The number of hydrogen-bond acceptors (Lipinski definition) is 3. The van der Waals surface area contributed by atoms with Gasteiger partial charge in [0.1, 0.15) is 17.2 Å². The van der Waals surface area contributed by atoms with Crippen LogP contribution in [0.25, 0.3) is 0 Å². The molecule has 16 heavy (non-hydrogen) atoms. The van der Waals surface area contributed by atoms with Crippen molar-refractivity contribution in [1.29, 1.82) is 0 Å². The fourth-order valence-corrected chi connectivity index (χ4v) is 1.67. The zero-order chi connectivity index (χ0) is 11.4. The van der Waals surface area contributed by atoms with Crippen molar-refractivity contribution >= 4 is 5.69 Å². The van der Waals surface area contributed by atoms with Crippen LogP contribution in [-0.4, -0.2) is 13.2 Å². The standard InChI is InChI=1S/C13H19NO2/c1-2-15-11-4-3-5-12(13(11)14)16-9-8-10-6-7-10/h3-5,10H,2,6-9,14H2,1H3. The first-order valence-electron chi connectivity index (χ1n) is 5.95. The summed E-state index contributed by atoms with van der Waals surface area (Å²) in [5.41, 5.74) is 6.56. The van der Waals surface area contributed by atoms with E-state index in [0.717, 1.165) is 24.7 Å². The maximum Gasteiger partial charge on any atom is 0.146 e. The lowest BCUT2D eigenvalue weighted by Gasteiger charge is -2.12. The van der Waals surface area contributed by atoms with Gasteiger partial charge in [-0.2, -0.15) is 0 Å². The Labute approximate surface area is 96.5 Å². The van der Waals surface area contributed by atoms with Crippen molar-refractivity contribution in [2.24, 2.45) is 5.92 Å². The van der Waals surface area contributed by atoms with Crippen molar-refractivity contribution < 1.29 is 9.47 Å². The van der Waals surface area contributed by atoms with Gasteiger partial charge in [0.2, 0.25) is 0 Å². The van der Waals surface area contributed by atoms with Gasteiger partial charge in [-0.25, -0.2) is 0 Å². The summed E-state index contributed by atoms with van der Waals surface area (Å²) in [5.74, 6) is 2.34. The summed E-state index contributed by atoms with van der Waals surface area (Å²) in [7, 11) is 0. The highest BCUT2D eigenvalue weighted by atomic mass is 16.5. The van der Waals surface area contributed by atoms with E-state index in [0.29, 0.717) is 18.0 Å². The van der Waals surface area contributed by atoms with E-state index in [1.807, 2.05) is 25.1 Å². The minimum atomic E-state index is 0.611. The van der Waals surface area contributed by atoms with E-state index in [9.17, 15) is 0 Å². The van der Waals surface area contributed by atoms with Gasteiger partial charge in [0, 0.05) is 0 Å². The Kier molecular flexibility index (Phi) is 3.54. The summed E-state index contributed by atoms with van der Waals surface area (Å²) in [6, 6.07) is 5.67. The second-order valence-electron chi connectivity index (χ2n) is 4.18. The van der Waals surface area contributed by atoms with Crippen LogP contribution in [0.2, 0.25) is 0 Å². The lowest BCUT2D eigenvalue weighted by molar-refractivity contribution is 0.299. The SMILES string of the molecule is CCOc1cccc(OCCC2CC2)c1N. The summed E-state index contributed by atoms with van der Waals surface area (Å²) in [6.07, 6.45) is 3.86. The maximum absolute atomic E-state index is 5.95. The molecule has 0 aliphatic heterocycles. The normalized spacial score (nSPS) is 14.8. The third kappa shape index (κ3) is 2.81. The van der Waals surface area contributed by atoms with E-state index in [1.54, 1.807) is 0 Å². The molecule has 0 spiro atoms. The molecule has 2 N–H and O–H groups in total. The van der Waals surface area contributed by atoms with E-state index in [-0.39, 0.29) is 0 Å². The van der Waals surface area contributed by atoms with Gasteiger partial charge in [0.25, 0.3) is 0 Å². The van der Waals surface area contributed by atoms with Gasteiger partial charge >= 0.3 is 0 Å². The predicted molar refractivity (Wildman–Crippen MR) is 64.9 cm³/mol. The third-order valence-electron chi connectivity index (χ3n) is 2.81. The van der Waals surface area contributed by atoms with Gasteiger partial charge in [-0.1, -0.05) is 18.9 Å². The second kappa shape index (κ2) is 5.10. The fraction of sp³-hybridized carbons (Fsp3) is 0.538. The van der Waals surface area contributed by atoms with Crippen molar-refractivity contribution in [1.82, 2.24) is 0 Å². The number of para-hydroxylation sites is 1. The van der Waals surface area contributed by atoms with Crippen LogP contribution in [0.3, 0.4) is 0 Å². The quantitative estimate of drug-likeness (QED) is 0.751. The zero-order valence-corrected chi connectivity index (χ0v) is 9.74. The van der Waals surface area contributed by atoms with Gasteiger partial charge < -0.3 is 15.2 Å². The molecule has 0 aromatic heterocycles. The molecule has 3 nitrogen and oxygen atoms in total. The molecule has 1 saturated carbocycles. The number of anilines is 1. The highest BCUT2D eigenvalue weighted by Crippen LogP contribution is 2.34. The van der Waals surface area contributed by atoms with Gasteiger partial charge in [-0.15, -0.1) is 0 Å². The minimum Gasteiger partial charge on any atom is -0.492 e. The van der Waals surface area contributed by atoms with Crippen LogP contribution in [0.15, 0.2) is 18.2 Å². The van der Waals surface area contributed by atoms with E-state index >= 15 is 0 Å². The van der Waals surface area contributed by atoms with Gasteiger partial charge in [-0.05, 0) is 31.4 Å². The number of benzene rings is 1. The number of nitrogens with two attached hydrogens (primary N) is 1. The van der Waals surface area contributed by atoms with Crippen molar-refractivity contribution in [3.63, 3.8) is 0 Å². The smallest absolute Gasteiger partial charge is 0.146 e. The van der Waals surface area contributed by atoms with Gasteiger partial charge in [-0.3, -0.25) is 0 Å². The Bertz CT molecular complexity index is 348. The minimum absolute atomic E-state index is 0.611. The van der Waals surface area contributed by atoms with Crippen LogP contribution in [0.5, 0.6) is 11.5 Å². The molecule has 0 bridgehead atoms. The van der Waals surface area contributed by atoms with Crippen molar-refractivity contribution in [2.45, 2.75) is 26.2 Å². The molecule has 2 rings (SSSR count). The van der Waals surface area contributed by atoms with E-state index in [2.05, 4.69) is 0 Å². The molecule has 0 radical (unpaired) electrons. The molecule has 0 amide bonds. The molecule has 1 aliphatic rings. The van der Waals surface area contributed by atoms with Crippen LogP contribution in [0.4, 0.5) is 5.69 Å². The van der Waals surface area contributed by atoms with Crippen LogP contribution >= 0.6 is 0 Å². The first-order chi connectivity index (χ1) is 7.81. The highest BCUT2D eigenvalue weighted by molar-refractivity contribution is 5.62. The Morgan fingerprint density at radius 1 is 1.25 bits per heavy atom. The third-order valence-corrected chi connectivity index (χ3v) is 2.81. The molecule has 88 valence electrons. The second-order valence-corrected chi connectivity index (χ2v) is 4.18. The van der Waals surface area contributed by atoms with Crippen LogP contribution in [0, 0.1) is 5.92 Å². The van der Waals surface area contributed by atoms with Crippen molar-refractivity contribution in [3.8, 4) is 11.5 Å². The number of ether oxygens (including phenoxy) is 2. The van der Waals surface area contributed by atoms with E-state index in [4.69, 9.17) is 15.2 Å². The molecule has 3 heteroatoms. The Morgan fingerprint density at radius 2 is 1.94 bits per heavy atom. The molecule has 0 unspecified atom stereocenters. The average molecular weight is 221 g/mol. The van der Waals surface area contributed by atoms with E-state index in [1.165, 1.54) is 12.8 Å². The first-order valence-corrected chi connectivity index (χ1v) is 5.95. The maximum atomic E-state index is 5.95. The Hall–Kier alpha value is -1.38. The molecule has 1 aromatic carbocycles. The topological polar surface area (TPSA) is 44.5 Å². The van der Waals surface area contributed by atoms with E-state index < -0.39 is 0 Å². The predicted octanol–water partition coefficient (Wildman–Crippen LogP) is 2.85. The Balaban J connectivity index is 1.93. The Morgan fingerprint density at radius 3 is 2.56 bits per heavy atom. The zero-order valence-electron chi connectivity index (χ0n) is 9.74. The molecule has 1 aliphatic carbocycles. The first kappa shape index (κ1) is 11.1. The molecule has 1 aromatic rings. The van der Waals surface area contributed by atoms with Crippen molar-refractivity contribution in [2.75, 3.05) is 18.9 Å². The summed E-state index contributed by atoms with van der Waals surface area (Å²) in [6.45, 7) is 3.32. The van der Waals surface area contributed by atoms with Gasteiger partial charge in [0.05, 0.1) is 13.2 Å². The fourth-order valence-electron chi connectivity index (χ4n) is 1.67. The highest BCUT2D eigenvalue weighted by Gasteiger charge is 2.20. The number of hydrogen-bond donors (Lipinski definition) is 1. The molecular weight excluding hydrogens is 202 g/mol. The summed E-state index contributed by atoms with van der Waals surface area (Å²) in [4.78, 5) is 0. The summed E-state index contributed by atoms with van der Waals surface area (Å²) >= 11 is 0. The van der Waals surface area contributed by atoms with Crippen LogP contribution < -0.4 is 15.2 Å². The largest absolute Gasteiger partial charge is 0.492 e. The van der Waals surface area contributed by atoms with Crippen LogP contribution in [0.1, 0.15) is 26.2 Å². The molecular formula is C13H19NO2. The number of nitrogen functional groups attached to an aromatic ring is 1. The van der Waals surface area contributed by atoms with Gasteiger partial charge in [0.15, 0.2) is 0 Å². The lowest BCUT2D eigenvalue weighted by atomic mass is 10.2. The molecule has 0 heterocycles. The number of rotatable bonds is 6.